The number of hydrogen-bond acceptors (Lipinski definition) is 3. The van der Waals surface area contributed by atoms with Crippen molar-refractivity contribution in [3.63, 3.8) is 0 Å². The molecular weight excluding hydrogens is 314 g/mol. The lowest BCUT2D eigenvalue weighted by molar-refractivity contribution is 0.0951. The molecule has 0 fully saturated rings. The van der Waals surface area contributed by atoms with Crippen LogP contribution in [0.5, 0.6) is 0 Å². The Labute approximate surface area is 146 Å². The smallest absolute Gasteiger partial charge is 0.251 e. The van der Waals surface area contributed by atoms with Crippen LogP contribution in [-0.4, -0.2) is 25.2 Å². The predicted molar refractivity (Wildman–Crippen MR) is 94.1 cm³/mol. The van der Waals surface area contributed by atoms with Gasteiger partial charge in [0.25, 0.3) is 5.91 Å². The first kappa shape index (κ1) is 15.6. The van der Waals surface area contributed by atoms with E-state index in [1.807, 2.05) is 41.2 Å². The number of fused-ring (bicyclic) bond motifs is 1. The summed E-state index contributed by atoms with van der Waals surface area (Å²) in [6.07, 6.45) is 10.8. The number of hydrogen-bond donors (Lipinski definition) is 1. The van der Waals surface area contributed by atoms with E-state index in [1.165, 1.54) is 18.5 Å². The summed E-state index contributed by atoms with van der Waals surface area (Å²) in [5.41, 5.74) is 4.21. The Balaban J connectivity index is 1.37. The fraction of sp³-hybridized carbons (Fsp3) is 0.316. The van der Waals surface area contributed by atoms with Crippen LogP contribution in [-0.2, 0) is 26.1 Å². The minimum absolute atomic E-state index is 0.0510. The molecule has 3 heterocycles. The maximum absolute atomic E-state index is 12.4. The average Bonchev–Trinajstić information content (AvgIpc) is 3.30. The van der Waals surface area contributed by atoms with E-state index in [9.17, 15) is 4.79 Å². The second-order valence-corrected chi connectivity index (χ2v) is 6.41. The molecule has 2 aromatic heterocycles. The van der Waals surface area contributed by atoms with Crippen LogP contribution in [0.1, 0.15) is 40.0 Å². The van der Waals surface area contributed by atoms with Crippen molar-refractivity contribution in [3.05, 3.63) is 71.6 Å². The second-order valence-electron chi connectivity index (χ2n) is 6.41. The summed E-state index contributed by atoms with van der Waals surface area (Å²) in [7, 11) is 0. The number of aromatic nitrogens is 4. The Morgan fingerprint density at radius 2 is 2.08 bits per heavy atom. The highest BCUT2D eigenvalue weighted by atomic mass is 16.1. The molecule has 25 heavy (non-hydrogen) atoms. The molecule has 1 amide bonds. The molecule has 1 N–H and O–H groups in total. The van der Waals surface area contributed by atoms with Gasteiger partial charge >= 0.3 is 0 Å². The molecule has 0 atom stereocenters. The Hall–Kier alpha value is -2.89. The Morgan fingerprint density at radius 3 is 2.88 bits per heavy atom. The third kappa shape index (κ3) is 3.47. The molecule has 0 radical (unpaired) electrons. The van der Waals surface area contributed by atoms with Gasteiger partial charge in [-0.15, -0.1) is 0 Å². The maximum Gasteiger partial charge on any atom is 0.251 e. The van der Waals surface area contributed by atoms with Gasteiger partial charge in [0, 0.05) is 48.8 Å². The monoisotopic (exact) mass is 335 g/mol. The summed E-state index contributed by atoms with van der Waals surface area (Å²) in [6.45, 7) is 2.27. The second kappa shape index (κ2) is 6.93. The van der Waals surface area contributed by atoms with Gasteiger partial charge in [0.05, 0.1) is 12.5 Å². The number of rotatable bonds is 5. The fourth-order valence-electron chi connectivity index (χ4n) is 3.26. The molecule has 0 spiro atoms. The molecule has 4 rings (SSSR count). The minimum Gasteiger partial charge on any atom is -0.348 e. The van der Waals surface area contributed by atoms with Crippen molar-refractivity contribution in [3.8, 4) is 0 Å². The van der Waals surface area contributed by atoms with Crippen LogP contribution < -0.4 is 5.32 Å². The van der Waals surface area contributed by atoms with E-state index in [0.717, 1.165) is 30.6 Å². The van der Waals surface area contributed by atoms with Gasteiger partial charge in [-0.25, -0.2) is 4.98 Å². The molecule has 6 nitrogen and oxygen atoms in total. The molecule has 0 aliphatic carbocycles. The zero-order valence-corrected chi connectivity index (χ0v) is 14.1. The standard InChI is InChI=1S/C19H21N5O/c25-19(21-11-17-12-22-24-9-2-1-3-18(17)24)16-6-4-15(5-7-16)13-23-10-8-20-14-23/h4-8,10,12,14H,1-3,9,11,13H2,(H,21,25). The van der Waals surface area contributed by atoms with Crippen LogP contribution >= 0.6 is 0 Å². The highest BCUT2D eigenvalue weighted by Gasteiger charge is 2.15. The zero-order chi connectivity index (χ0) is 17.1. The number of nitrogens with zero attached hydrogens (tertiary/aromatic N) is 4. The molecule has 0 saturated carbocycles. The van der Waals surface area contributed by atoms with Crippen molar-refractivity contribution in [2.24, 2.45) is 0 Å². The van der Waals surface area contributed by atoms with Gasteiger partial charge in [0.1, 0.15) is 0 Å². The summed E-state index contributed by atoms with van der Waals surface area (Å²) >= 11 is 0. The number of imidazole rings is 1. The number of nitrogens with one attached hydrogen (secondary N) is 1. The summed E-state index contributed by atoms with van der Waals surface area (Å²) in [4.78, 5) is 16.4. The van der Waals surface area contributed by atoms with E-state index in [1.54, 1.807) is 12.5 Å². The van der Waals surface area contributed by atoms with Gasteiger partial charge in [0.15, 0.2) is 0 Å². The third-order valence-corrected chi connectivity index (χ3v) is 4.65. The Kier molecular flexibility index (Phi) is 4.33. The van der Waals surface area contributed by atoms with E-state index >= 15 is 0 Å². The number of carbonyl (C=O) groups excluding carboxylic acids is 1. The van der Waals surface area contributed by atoms with Crippen LogP contribution in [0, 0.1) is 0 Å². The summed E-state index contributed by atoms with van der Waals surface area (Å²) in [5, 5.41) is 7.42. The summed E-state index contributed by atoms with van der Waals surface area (Å²) in [6, 6.07) is 7.71. The quantitative estimate of drug-likeness (QED) is 0.779. The molecule has 6 heteroatoms. The van der Waals surface area contributed by atoms with E-state index in [0.29, 0.717) is 12.1 Å². The highest BCUT2D eigenvalue weighted by molar-refractivity contribution is 5.94. The van der Waals surface area contributed by atoms with Crippen LogP contribution in [0.3, 0.4) is 0 Å². The van der Waals surface area contributed by atoms with E-state index in [2.05, 4.69) is 20.1 Å². The summed E-state index contributed by atoms with van der Waals surface area (Å²) in [5.74, 6) is -0.0510. The largest absolute Gasteiger partial charge is 0.348 e. The van der Waals surface area contributed by atoms with Crippen LogP contribution in [0.4, 0.5) is 0 Å². The van der Waals surface area contributed by atoms with Gasteiger partial charge in [0.2, 0.25) is 0 Å². The highest BCUT2D eigenvalue weighted by Crippen LogP contribution is 2.18. The number of carbonyl (C=O) groups is 1. The molecule has 0 saturated heterocycles. The van der Waals surface area contributed by atoms with Crippen molar-refractivity contribution in [1.29, 1.82) is 0 Å². The van der Waals surface area contributed by atoms with Crippen LogP contribution in [0.2, 0.25) is 0 Å². The summed E-state index contributed by atoms with van der Waals surface area (Å²) < 4.78 is 4.06. The van der Waals surface area contributed by atoms with Crippen molar-refractivity contribution in [2.45, 2.75) is 38.9 Å². The number of amides is 1. The molecule has 0 unspecified atom stereocenters. The van der Waals surface area contributed by atoms with Gasteiger partial charge in [-0.3, -0.25) is 9.48 Å². The van der Waals surface area contributed by atoms with Crippen molar-refractivity contribution in [1.82, 2.24) is 24.6 Å². The molecule has 1 aromatic carbocycles. The first-order chi connectivity index (χ1) is 12.3. The maximum atomic E-state index is 12.4. The molecule has 128 valence electrons. The first-order valence-electron chi connectivity index (χ1n) is 8.66. The number of aryl methyl sites for hydroxylation is 1. The van der Waals surface area contributed by atoms with Crippen LogP contribution in [0.25, 0.3) is 0 Å². The predicted octanol–water partition coefficient (Wildman–Crippen LogP) is 2.39. The van der Waals surface area contributed by atoms with E-state index < -0.39 is 0 Å². The van der Waals surface area contributed by atoms with Gasteiger partial charge < -0.3 is 9.88 Å². The van der Waals surface area contributed by atoms with Crippen molar-refractivity contribution in [2.75, 3.05) is 0 Å². The third-order valence-electron chi connectivity index (χ3n) is 4.65. The molecule has 0 bridgehead atoms. The van der Waals surface area contributed by atoms with Gasteiger partial charge in [-0.2, -0.15) is 5.10 Å². The molecule has 3 aromatic rings. The SMILES string of the molecule is O=C(NCc1cnn2c1CCCC2)c1ccc(Cn2ccnc2)cc1. The van der Waals surface area contributed by atoms with Gasteiger partial charge in [-0.05, 0) is 37.0 Å². The van der Waals surface area contributed by atoms with E-state index in [4.69, 9.17) is 0 Å². The molecule has 1 aliphatic rings. The molecular formula is C19H21N5O. The number of benzene rings is 1. The van der Waals surface area contributed by atoms with Crippen molar-refractivity contribution >= 4 is 5.91 Å². The molecule has 1 aliphatic heterocycles. The first-order valence-corrected chi connectivity index (χ1v) is 8.66. The topological polar surface area (TPSA) is 64.7 Å². The fourth-order valence-corrected chi connectivity index (χ4v) is 3.26. The van der Waals surface area contributed by atoms with E-state index in [-0.39, 0.29) is 5.91 Å². The van der Waals surface area contributed by atoms with Crippen molar-refractivity contribution < 1.29 is 4.79 Å². The zero-order valence-electron chi connectivity index (χ0n) is 14.1. The van der Waals surface area contributed by atoms with Gasteiger partial charge in [-0.1, -0.05) is 12.1 Å². The average molecular weight is 335 g/mol. The minimum atomic E-state index is -0.0510. The Bertz CT molecular complexity index is 849. The lowest BCUT2D eigenvalue weighted by atomic mass is 10.1. The Morgan fingerprint density at radius 1 is 1.20 bits per heavy atom. The van der Waals surface area contributed by atoms with Crippen LogP contribution in [0.15, 0.2) is 49.2 Å². The normalized spacial score (nSPS) is 13.4. The lowest BCUT2D eigenvalue weighted by Crippen LogP contribution is -2.23. The lowest BCUT2D eigenvalue weighted by Gasteiger charge is -2.15.